The monoisotopic (exact) mass is 344 g/mol. The average Bonchev–Trinajstić information content (AvgIpc) is 2.93. The Bertz CT molecular complexity index is 663. The molecule has 0 aromatic heterocycles. The van der Waals surface area contributed by atoms with E-state index in [1.807, 2.05) is 24.3 Å². The third-order valence-electron chi connectivity index (χ3n) is 4.75. The maximum atomic E-state index is 12.1. The number of carbonyl (C=O) groups is 2. The van der Waals surface area contributed by atoms with Crippen molar-refractivity contribution in [2.24, 2.45) is 11.1 Å². The fourth-order valence-corrected chi connectivity index (χ4v) is 3.06. The number of benzene rings is 1. The molecule has 1 aromatic rings. The van der Waals surface area contributed by atoms with Crippen LogP contribution in [0.4, 0.5) is 11.4 Å². The van der Waals surface area contributed by atoms with E-state index in [4.69, 9.17) is 0 Å². The van der Waals surface area contributed by atoms with Crippen LogP contribution >= 0.6 is 0 Å². The minimum Gasteiger partial charge on any atom is -0.369 e. The summed E-state index contributed by atoms with van der Waals surface area (Å²) in [6.07, 6.45) is 0.673. The molecule has 1 saturated heterocycles. The van der Waals surface area contributed by atoms with Gasteiger partial charge in [0, 0.05) is 44.0 Å². The molecule has 1 unspecified atom stereocenters. The Hall–Kier alpha value is -2.41. The van der Waals surface area contributed by atoms with Gasteiger partial charge in [-0.15, -0.1) is 0 Å². The number of amides is 1. The van der Waals surface area contributed by atoms with Crippen LogP contribution in [0.2, 0.25) is 0 Å². The third kappa shape index (κ3) is 4.36. The molecular formula is C18H24N4O3. The van der Waals surface area contributed by atoms with Crippen molar-refractivity contribution in [1.82, 2.24) is 4.90 Å². The van der Waals surface area contributed by atoms with E-state index in [9.17, 15) is 9.59 Å². The SMILES string of the molecule is CC1=NOC(=O)C1CCC(=O)Nc1ccc(N2CCN(C)CC2)cc1. The molecule has 0 bridgehead atoms. The number of oxime groups is 1. The van der Waals surface area contributed by atoms with Gasteiger partial charge in [0.25, 0.3) is 0 Å². The maximum Gasteiger partial charge on any atom is 0.343 e. The van der Waals surface area contributed by atoms with Crippen LogP contribution in [0.3, 0.4) is 0 Å². The topological polar surface area (TPSA) is 74.2 Å². The first-order valence-corrected chi connectivity index (χ1v) is 8.61. The van der Waals surface area contributed by atoms with Crippen molar-refractivity contribution in [1.29, 1.82) is 0 Å². The molecule has 2 aliphatic rings. The summed E-state index contributed by atoms with van der Waals surface area (Å²) >= 11 is 0. The fraction of sp³-hybridized carbons (Fsp3) is 0.500. The Kier molecular flexibility index (Phi) is 5.33. The van der Waals surface area contributed by atoms with E-state index in [1.54, 1.807) is 6.92 Å². The highest BCUT2D eigenvalue weighted by Crippen LogP contribution is 2.21. The largest absolute Gasteiger partial charge is 0.369 e. The molecule has 2 heterocycles. The summed E-state index contributed by atoms with van der Waals surface area (Å²) < 4.78 is 0. The quantitative estimate of drug-likeness (QED) is 0.823. The molecule has 1 amide bonds. The van der Waals surface area contributed by atoms with Gasteiger partial charge in [-0.25, -0.2) is 4.79 Å². The van der Waals surface area contributed by atoms with Crippen LogP contribution in [-0.4, -0.2) is 55.7 Å². The van der Waals surface area contributed by atoms with E-state index in [0.717, 1.165) is 31.9 Å². The van der Waals surface area contributed by atoms with Gasteiger partial charge in [0.1, 0.15) is 5.92 Å². The van der Waals surface area contributed by atoms with Crippen molar-refractivity contribution < 1.29 is 14.4 Å². The van der Waals surface area contributed by atoms with Gasteiger partial charge in [0.2, 0.25) is 5.91 Å². The number of nitrogens with zero attached hydrogens (tertiary/aromatic N) is 3. The molecule has 134 valence electrons. The first-order chi connectivity index (χ1) is 12.0. The Labute approximate surface area is 147 Å². The van der Waals surface area contributed by atoms with E-state index in [0.29, 0.717) is 12.1 Å². The number of piperazine rings is 1. The number of hydrogen-bond donors (Lipinski definition) is 1. The van der Waals surface area contributed by atoms with Gasteiger partial charge in [-0.2, -0.15) is 0 Å². The molecule has 1 N–H and O–H groups in total. The standard InChI is InChI=1S/C18H24N4O3/c1-13-16(18(24)25-20-13)7-8-17(23)19-14-3-5-15(6-4-14)22-11-9-21(2)10-12-22/h3-6,16H,7-12H2,1-2H3,(H,19,23). The highest BCUT2D eigenvalue weighted by Gasteiger charge is 2.29. The number of nitrogens with one attached hydrogen (secondary N) is 1. The van der Waals surface area contributed by atoms with Gasteiger partial charge >= 0.3 is 5.97 Å². The lowest BCUT2D eigenvalue weighted by molar-refractivity contribution is -0.143. The van der Waals surface area contributed by atoms with Gasteiger partial charge < -0.3 is 20.0 Å². The summed E-state index contributed by atoms with van der Waals surface area (Å²) in [5.74, 6) is -0.882. The van der Waals surface area contributed by atoms with Crippen LogP contribution in [0.5, 0.6) is 0 Å². The Balaban J connectivity index is 1.48. The van der Waals surface area contributed by atoms with Crippen LogP contribution in [0.1, 0.15) is 19.8 Å². The van der Waals surface area contributed by atoms with E-state index in [1.165, 1.54) is 5.69 Å². The minimum absolute atomic E-state index is 0.111. The lowest BCUT2D eigenvalue weighted by Crippen LogP contribution is -2.44. The van der Waals surface area contributed by atoms with Gasteiger partial charge in [-0.05, 0) is 44.7 Å². The average molecular weight is 344 g/mol. The summed E-state index contributed by atoms with van der Waals surface area (Å²) in [6.45, 7) is 5.89. The minimum atomic E-state index is -0.398. The molecule has 7 nitrogen and oxygen atoms in total. The first-order valence-electron chi connectivity index (χ1n) is 8.61. The van der Waals surface area contributed by atoms with Crippen molar-refractivity contribution in [3.63, 3.8) is 0 Å². The zero-order valence-electron chi connectivity index (χ0n) is 14.7. The maximum absolute atomic E-state index is 12.1. The van der Waals surface area contributed by atoms with Crippen molar-refractivity contribution in [3.8, 4) is 0 Å². The van der Waals surface area contributed by atoms with Crippen LogP contribution in [-0.2, 0) is 14.4 Å². The highest BCUT2D eigenvalue weighted by molar-refractivity contribution is 6.04. The van der Waals surface area contributed by atoms with Gasteiger partial charge in [0.05, 0.1) is 5.71 Å². The molecule has 1 atom stereocenters. The molecule has 7 heteroatoms. The molecule has 1 fully saturated rings. The molecule has 2 aliphatic heterocycles. The van der Waals surface area contributed by atoms with Crippen molar-refractivity contribution in [2.45, 2.75) is 19.8 Å². The molecule has 25 heavy (non-hydrogen) atoms. The van der Waals surface area contributed by atoms with Crippen molar-refractivity contribution in [2.75, 3.05) is 43.4 Å². The van der Waals surface area contributed by atoms with Crippen molar-refractivity contribution >= 4 is 29.0 Å². The van der Waals surface area contributed by atoms with E-state index >= 15 is 0 Å². The molecule has 0 aliphatic carbocycles. The lowest BCUT2D eigenvalue weighted by Gasteiger charge is -2.34. The summed E-state index contributed by atoms with van der Waals surface area (Å²) in [6, 6.07) is 7.91. The normalized spacial score (nSPS) is 21.0. The predicted molar refractivity (Wildman–Crippen MR) is 96.7 cm³/mol. The van der Waals surface area contributed by atoms with E-state index in [2.05, 4.69) is 32.2 Å². The zero-order chi connectivity index (χ0) is 17.8. The second-order valence-electron chi connectivity index (χ2n) is 6.62. The van der Waals surface area contributed by atoms with Gasteiger partial charge in [0.15, 0.2) is 0 Å². The molecule has 3 rings (SSSR count). The number of anilines is 2. The van der Waals surface area contributed by atoms with Crippen LogP contribution in [0, 0.1) is 5.92 Å². The Morgan fingerprint density at radius 2 is 1.92 bits per heavy atom. The molecular weight excluding hydrogens is 320 g/mol. The summed E-state index contributed by atoms with van der Waals surface area (Å²) in [7, 11) is 2.13. The van der Waals surface area contributed by atoms with E-state index < -0.39 is 5.92 Å². The molecule has 1 aromatic carbocycles. The van der Waals surface area contributed by atoms with Gasteiger partial charge in [-0.3, -0.25) is 4.79 Å². The number of carbonyl (C=O) groups excluding carboxylic acids is 2. The van der Waals surface area contributed by atoms with Gasteiger partial charge in [-0.1, -0.05) is 5.16 Å². The Morgan fingerprint density at radius 3 is 2.52 bits per heavy atom. The van der Waals surface area contributed by atoms with Crippen LogP contribution in [0.15, 0.2) is 29.4 Å². The summed E-state index contributed by atoms with van der Waals surface area (Å²) in [5.41, 5.74) is 2.57. The zero-order valence-corrected chi connectivity index (χ0v) is 14.7. The highest BCUT2D eigenvalue weighted by atomic mass is 16.7. The number of rotatable bonds is 5. The smallest absolute Gasteiger partial charge is 0.343 e. The molecule has 0 spiro atoms. The molecule has 0 radical (unpaired) electrons. The Morgan fingerprint density at radius 1 is 1.24 bits per heavy atom. The number of hydrogen-bond acceptors (Lipinski definition) is 6. The predicted octanol–water partition coefficient (Wildman–Crippen LogP) is 1.71. The third-order valence-corrected chi connectivity index (χ3v) is 4.75. The first kappa shape index (κ1) is 17.4. The van der Waals surface area contributed by atoms with Crippen molar-refractivity contribution in [3.05, 3.63) is 24.3 Å². The van der Waals surface area contributed by atoms with Crippen LogP contribution < -0.4 is 10.2 Å². The number of likely N-dealkylation sites (N-methyl/N-ethyl adjacent to an activating group) is 1. The lowest BCUT2D eigenvalue weighted by atomic mass is 9.99. The molecule has 0 saturated carbocycles. The fourth-order valence-electron chi connectivity index (χ4n) is 3.06. The van der Waals surface area contributed by atoms with E-state index in [-0.39, 0.29) is 18.3 Å². The summed E-state index contributed by atoms with van der Waals surface area (Å²) in [4.78, 5) is 32.9. The van der Waals surface area contributed by atoms with Crippen LogP contribution in [0.25, 0.3) is 0 Å². The summed E-state index contributed by atoms with van der Waals surface area (Å²) in [5, 5.41) is 6.52. The second-order valence-corrected chi connectivity index (χ2v) is 6.62. The second kappa shape index (κ2) is 7.65.